The Labute approximate surface area is 102 Å². The van der Waals surface area contributed by atoms with Crippen LogP contribution in [0, 0.1) is 11.3 Å². The molecule has 1 aliphatic carbocycles. The summed E-state index contributed by atoms with van der Waals surface area (Å²) in [6.07, 6.45) is 4.04. The van der Waals surface area contributed by atoms with Crippen molar-refractivity contribution in [3.63, 3.8) is 0 Å². The van der Waals surface area contributed by atoms with Crippen LogP contribution in [-0.4, -0.2) is 17.3 Å². The maximum absolute atomic E-state index is 9.83. The van der Waals surface area contributed by atoms with Crippen LogP contribution in [-0.2, 0) is 6.54 Å². The zero-order chi connectivity index (χ0) is 12.1. The first-order chi connectivity index (χ1) is 8.29. The van der Waals surface area contributed by atoms with Crippen LogP contribution in [0.25, 0.3) is 0 Å². The van der Waals surface area contributed by atoms with Crippen molar-refractivity contribution in [2.45, 2.75) is 44.4 Å². The molecule has 3 nitrogen and oxygen atoms in total. The monoisotopic (exact) mass is 230 g/mol. The predicted octanol–water partition coefficient (Wildman–Crippen LogP) is 1.95. The van der Waals surface area contributed by atoms with Crippen molar-refractivity contribution in [2.75, 3.05) is 0 Å². The lowest BCUT2D eigenvalue weighted by molar-refractivity contribution is 0.0902. The maximum Gasteiger partial charge on any atom is 0.0991 e. The molecule has 1 saturated carbocycles. The van der Waals surface area contributed by atoms with Crippen molar-refractivity contribution < 1.29 is 5.11 Å². The summed E-state index contributed by atoms with van der Waals surface area (Å²) in [5.41, 5.74) is 1.79. The average Bonchev–Trinajstić information content (AvgIpc) is 2.38. The van der Waals surface area contributed by atoms with Gasteiger partial charge >= 0.3 is 0 Å². The van der Waals surface area contributed by atoms with Crippen LogP contribution in [0.15, 0.2) is 24.3 Å². The molecule has 0 amide bonds. The molecule has 2 rings (SSSR count). The van der Waals surface area contributed by atoms with Crippen LogP contribution >= 0.6 is 0 Å². The van der Waals surface area contributed by atoms with Gasteiger partial charge in [-0.3, -0.25) is 0 Å². The van der Waals surface area contributed by atoms with E-state index in [0.717, 1.165) is 31.4 Å². The number of aliphatic hydroxyl groups excluding tert-OH is 1. The number of benzene rings is 1. The molecular formula is C14H18N2O. The van der Waals surface area contributed by atoms with E-state index >= 15 is 0 Å². The first-order valence-corrected chi connectivity index (χ1v) is 6.20. The normalized spacial score (nSPS) is 24.2. The highest BCUT2D eigenvalue weighted by molar-refractivity contribution is 5.32. The van der Waals surface area contributed by atoms with E-state index in [0.29, 0.717) is 5.56 Å². The Morgan fingerprint density at radius 3 is 2.94 bits per heavy atom. The summed E-state index contributed by atoms with van der Waals surface area (Å²) in [6, 6.07) is 9.93. The molecule has 0 saturated heterocycles. The van der Waals surface area contributed by atoms with Gasteiger partial charge in [0.25, 0.3) is 0 Å². The van der Waals surface area contributed by atoms with Gasteiger partial charge in [0.15, 0.2) is 0 Å². The van der Waals surface area contributed by atoms with Crippen LogP contribution in [0.1, 0.15) is 36.8 Å². The van der Waals surface area contributed by atoms with E-state index in [9.17, 15) is 5.11 Å². The van der Waals surface area contributed by atoms with Crippen molar-refractivity contribution in [3.05, 3.63) is 35.4 Å². The van der Waals surface area contributed by atoms with E-state index < -0.39 is 0 Å². The lowest BCUT2D eigenvalue weighted by atomic mass is 9.92. The minimum absolute atomic E-state index is 0.203. The molecular weight excluding hydrogens is 212 g/mol. The Morgan fingerprint density at radius 2 is 2.18 bits per heavy atom. The number of hydrogen-bond donors (Lipinski definition) is 2. The number of nitrogens with one attached hydrogen (secondary N) is 1. The van der Waals surface area contributed by atoms with Gasteiger partial charge in [-0.2, -0.15) is 5.26 Å². The van der Waals surface area contributed by atoms with Crippen LogP contribution in [0.4, 0.5) is 0 Å². The summed E-state index contributed by atoms with van der Waals surface area (Å²) in [6.45, 7) is 0.719. The molecule has 0 heterocycles. The number of nitrogens with zero attached hydrogens (tertiary/aromatic N) is 1. The Bertz CT molecular complexity index is 411. The van der Waals surface area contributed by atoms with Gasteiger partial charge in [-0.15, -0.1) is 0 Å². The first kappa shape index (κ1) is 12.1. The molecule has 1 aromatic carbocycles. The highest BCUT2D eigenvalue weighted by Crippen LogP contribution is 2.18. The van der Waals surface area contributed by atoms with Gasteiger partial charge in [0.1, 0.15) is 0 Å². The largest absolute Gasteiger partial charge is 0.392 e. The molecule has 17 heavy (non-hydrogen) atoms. The smallest absolute Gasteiger partial charge is 0.0991 e. The third kappa shape index (κ3) is 3.29. The highest BCUT2D eigenvalue weighted by atomic mass is 16.3. The van der Waals surface area contributed by atoms with Gasteiger partial charge in [-0.05, 0) is 30.5 Å². The van der Waals surface area contributed by atoms with Gasteiger partial charge in [-0.25, -0.2) is 0 Å². The van der Waals surface area contributed by atoms with E-state index in [1.165, 1.54) is 6.42 Å². The van der Waals surface area contributed by atoms with Crippen LogP contribution in [0.2, 0.25) is 0 Å². The Kier molecular flexibility index (Phi) is 4.13. The Morgan fingerprint density at radius 1 is 1.35 bits per heavy atom. The Hall–Kier alpha value is -1.37. The molecule has 3 heteroatoms. The summed E-state index contributed by atoms with van der Waals surface area (Å²) >= 11 is 0. The van der Waals surface area contributed by atoms with Crippen LogP contribution in [0.5, 0.6) is 0 Å². The van der Waals surface area contributed by atoms with E-state index in [1.54, 1.807) is 6.07 Å². The van der Waals surface area contributed by atoms with E-state index in [4.69, 9.17) is 5.26 Å². The van der Waals surface area contributed by atoms with Gasteiger partial charge < -0.3 is 10.4 Å². The van der Waals surface area contributed by atoms with Gasteiger partial charge in [0.05, 0.1) is 17.7 Å². The van der Waals surface area contributed by atoms with Gasteiger partial charge in [-0.1, -0.05) is 25.0 Å². The molecule has 1 aliphatic rings. The fourth-order valence-corrected chi connectivity index (χ4v) is 2.35. The van der Waals surface area contributed by atoms with Crippen LogP contribution in [0.3, 0.4) is 0 Å². The van der Waals surface area contributed by atoms with Crippen molar-refractivity contribution in [3.8, 4) is 6.07 Å². The number of hydrogen-bond acceptors (Lipinski definition) is 3. The molecule has 0 aliphatic heterocycles. The molecule has 0 bridgehead atoms. The minimum Gasteiger partial charge on any atom is -0.392 e. The number of rotatable bonds is 3. The summed E-state index contributed by atoms with van der Waals surface area (Å²) in [7, 11) is 0. The third-order valence-corrected chi connectivity index (χ3v) is 3.35. The molecule has 0 radical (unpaired) electrons. The Balaban J connectivity index is 1.90. The number of aliphatic hydroxyl groups is 1. The van der Waals surface area contributed by atoms with Crippen molar-refractivity contribution in [1.82, 2.24) is 5.32 Å². The van der Waals surface area contributed by atoms with Gasteiger partial charge in [0, 0.05) is 12.6 Å². The molecule has 2 atom stereocenters. The quantitative estimate of drug-likeness (QED) is 0.834. The molecule has 0 unspecified atom stereocenters. The van der Waals surface area contributed by atoms with Crippen molar-refractivity contribution in [2.24, 2.45) is 0 Å². The summed E-state index contributed by atoms with van der Waals surface area (Å²) in [4.78, 5) is 0. The molecule has 0 aromatic heterocycles. The second-order valence-corrected chi connectivity index (χ2v) is 4.65. The second-order valence-electron chi connectivity index (χ2n) is 4.65. The van der Waals surface area contributed by atoms with E-state index in [-0.39, 0.29) is 12.1 Å². The zero-order valence-corrected chi connectivity index (χ0v) is 9.89. The summed E-state index contributed by atoms with van der Waals surface area (Å²) in [5, 5.41) is 22.0. The topological polar surface area (TPSA) is 56.0 Å². The van der Waals surface area contributed by atoms with Crippen molar-refractivity contribution >= 4 is 0 Å². The number of nitriles is 1. The molecule has 1 fully saturated rings. The maximum atomic E-state index is 9.83. The average molecular weight is 230 g/mol. The molecule has 90 valence electrons. The lowest BCUT2D eigenvalue weighted by Gasteiger charge is -2.28. The fourth-order valence-electron chi connectivity index (χ4n) is 2.35. The van der Waals surface area contributed by atoms with Crippen molar-refractivity contribution in [1.29, 1.82) is 5.26 Å². The van der Waals surface area contributed by atoms with E-state index in [2.05, 4.69) is 11.4 Å². The predicted molar refractivity (Wildman–Crippen MR) is 66.3 cm³/mol. The van der Waals surface area contributed by atoms with E-state index in [1.807, 2.05) is 18.2 Å². The molecule has 0 spiro atoms. The molecule has 2 N–H and O–H groups in total. The minimum atomic E-state index is -0.220. The fraction of sp³-hybridized carbons (Fsp3) is 0.500. The molecule has 1 aromatic rings. The summed E-state index contributed by atoms with van der Waals surface area (Å²) < 4.78 is 0. The van der Waals surface area contributed by atoms with Crippen LogP contribution < -0.4 is 5.32 Å². The first-order valence-electron chi connectivity index (χ1n) is 6.20. The SMILES string of the molecule is N#Cc1cccc(CN[C@@H]2CCCC[C@H]2O)c1. The third-order valence-electron chi connectivity index (χ3n) is 3.35. The second kappa shape index (κ2) is 5.81. The zero-order valence-electron chi connectivity index (χ0n) is 9.89. The van der Waals surface area contributed by atoms with Gasteiger partial charge in [0.2, 0.25) is 0 Å². The highest BCUT2D eigenvalue weighted by Gasteiger charge is 2.21. The summed E-state index contributed by atoms with van der Waals surface area (Å²) in [5.74, 6) is 0. The lowest BCUT2D eigenvalue weighted by Crippen LogP contribution is -2.41. The standard InChI is InChI=1S/C14H18N2O/c15-9-11-4-3-5-12(8-11)10-16-13-6-1-2-7-14(13)17/h3-5,8,13-14,16-17H,1-2,6-7,10H2/t13-,14-/m1/s1.